The lowest BCUT2D eigenvalue weighted by atomic mass is 10.1. The van der Waals surface area contributed by atoms with E-state index in [2.05, 4.69) is 26.7 Å². The fourth-order valence-electron chi connectivity index (χ4n) is 2.84. The van der Waals surface area contributed by atoms with Gasteiger partial charge >= 0.3 is 0 Å². The Morgan fingerprint density at radius 2 is 2.04 bits per heavy atom. The van der Waals surface area contributed by atoms with Gasteiger partial charge in [0.15, 0.2) is 5.16 Å². The van der Waals surface area contributed by atoms with E-state index < -0.39 is 0 Å². The number of benzene rings is 1. The normalized spacial score (nSPS) is 17.9. The Morgan fingerprint density at radius 3 is 2.68 bits per heavy atom. The molecule has 1 atom stereocenters. The van der Waals surface area contributed by atoms with Crippen molar-refractivity contribution in [3.05, 3.63) is 54.4 Å². The molecule has 1 N–H and O–H groups in total. The SMILES string of the molecule is C=CCn1c(SC(C(=O)NC2CC2)c2ccccc2)nnc1C1CC1. The van der Waals surface area contributed by atoms with Crippen molar-refractivity contribution >= 4 is 17.7 Å². The molecule has 0 bridgehead atoms. The van der Waals surface area contributed by atoms with Crippen molar-refractivity contribution in [2.75, 3.05) is 0 Å². The maximum absolute atomic E-state index is 12.8. The first-order chi connectivity index (χ1) is 12.3. The molecule has 2 aliphatic rings. The first kappa shape index (κ1) is 16.4. The predicted octanol–water partition coefficient (Wildman–Crippen LogP) is 3.45. The Labute approximate surface area is 151 Å². The molecule has 25 heavy (non-hydrogen) atoms. The van der Waals surface area contributed by atoms with Crippen LogP contribution in [0.4, 0.5) is 0 Å². The van der Waals surface area contributed by atoms with Crippen LogP contribution in [-0.2, 0) is 11.3 Å². The number of hydrogen-bond donors (Lipinski definition) is 1. The average molecular weight is 354 g/mol. The van der Waals surface area contributed by atoms with Gasteiger partial charge in [0.2, 0.25) is 5.91 Å². The second-order valence-electron chi connectivity index (χ2n) is 6.71. The molecular formula is C19H22N4OS. The minimum Gasteiger partial charge on any atom is -0.352 e. The number of carbonyl (C=O) groups is 1. The van der Waals surface area contributed by atoms with Gasteiger partial charge in [0, 0.05) is 18.5 Å². The molecule has 1 amide bonds. The number of thioether (sulfide) groups is 1. The minimum absolute atomic E-state index is 0.0554. The number of aromatic nitrogens is 3. The fraction of sp³-hybridized carbons (Fsp3) is 0.421. The zero-order valence-electron chi connectivity index (χ0n) is 14.1. The minimum atomic E-state index is -0.318. The first-order valence-electron chi connectivity index (χ1n) is 8.82. The summed E-state index contributed by atoms with van der Waals surface area (Å²) in [6.45, 7) is 4.53. The fourth-order valence-corrected chi connectivity index (χ4v) is 3.90. The van der Waals surface area contributed by atoms with Crippen molar-refractivity contribution in [1.82, 2.24) is 20.1 Å². The molecule has 0 saturated heterocycles. The van der Waals surface area contributed by atoms with Crippen LogP contribution in [0.15, 0.2) is 48.1 Å². The summed E-state index contributed by atoms with van der Waals surface area (Å²) in [4.78, 5) is 12.8. The van der Waals surface area contributed by atoms with Crippen LogP contribution < -0.4 is 5.32 Å². The molecule has 0 spiro atoms. The third kappa shape index (κ3) is 3.79. The van der Waals surface area contributed by atoms with Crippen molar-refractivity contribution in [1.29, 1.82) is 0 Å². The van der Waals surface area contributed by atoms with Crippen LogP contribution in [0.1, 0.15) is 48.2 Å². The van der Waals surface area contributed by atoms with Gasteiger partial charge < -0.3 is 9.88 Å². The van der Waals surface area contributed by atoms with Crippen molar-refractivity contribution in [3.63, 3.8) is 0 Å². The number of nitrogens with zero attached hydrogens (tertiary/aromatic N) is 3. The zero-order valence-corrected chi connectivity index (χ0v) is 14.9. The van der Waals surface area contributed by atoms with E-state index in [9.17, 15) is 4.79 Å². The number of carbonyl (C=O) groups excluding carboxylic acids is 1. The average Bonchev–Trinajstić information content (AvgIpc) is 3.55. The predicted molar refractivity (Wildman–Crippen MR) is 98.4 cm³/mol. The van der Waals surface area contributed by atoms with E-state index in [1.165, 1.54) is 24.6 Å². The molecule has 2 saturated carbocycles. The van der Waals surface area contributed by atoms with E-state index >= 15 is 0 Å². The maximum atomic E-state index is 12.8. The van der Waals surface area contributed by atoms with Crippen molar-refractivity contribution in [3.8, 4) is 0 Å². The van der Waals surface area contributed by atoms with Gasteiger partial charge in [-0.1, -0.05) is 48.2 Å². The molecule has 5 nitrogen and oxygen atoms in total. The van der Waals surface area contributed by atoms with Crippen LogP contribution in [0.5, 0.6) is 0 Å². The Balaban J connectivity index is 1.61. The molecule has 1 unspecified atom stereocenters. The van der Waals surface area contributed by atoms with Gasteiger partial charge in [-0.25, -0.2) is 0 Å². The lowest BCUT2D eigenvalue weighted by Crippen LogP contribution is -2.30. The quantitative estimate of drug-likeness (QED) is 0.583. The molecular weight excluding hydrogens is 332 g/mol. The Hall–Kier alpha value is -2.08. The van der Waals surface area contributed by atoms with Gasteiger partial charge in [0.1, 0.15) is 11.1 Å². The number of amides is 1. The summed E-state index contributed by atoms with van der Waals surface area (Å²) in [5.41, 5.74) is 0.992. The summed E-state index contributed by atoms with van der Waals surface area (Å²) >= 11 is 1.48. The molecule has 0 aliphatic heterocycles. The van der Waals surface area contributed by atoms with Crippen molar-refractivity contribution in [2.45, 2.75) is 54.6 Å². The molecule has 2 aromatic rings. The smallest absolute Gasteiger partial charge is 0.238 e. The highest BCUT2D eigenvalue weighted by Gasteiger charge is 2.33. The highest BCUT2D eigenvalue weighted by molar-refractivity contribution is 8.00. The molecule has 6 heteroatoms. The summed E-state index contributed by atoms with van der Waals surface area (Å²) < 4.78 is 2.11. The van der Waals surface area contributed by atoms with Gasteiger partial charge in [0.05, 0.1) is 0 Å². The van der Waals surface area contributed by atoms with Crippen LogP contribution in [-0.4, -0.2) is 26.7 Å². The van der Waals surface area contributed by atoms with E-state index in [0.717, 1.165) is 29.4 Å². The lowest BCUT2D eigenvalue weighted by molar-refractivity contribution is -0.120. The monoisotopic (exact) mass is 354 g/mol. The zero-order chi connectivity index (χ0) is 17.2. The molecule has 2 fully saturated rings. The topological polar surface area (TPSA) is 59.8 Å². The summed E-state index contributed by atoms with van der Waals surface area (Å²) in [6, 6.07) is 10.2. The Morgan fingerprint density at radius 1 is 1.28 bits per heavy atom. The second kappa shape index (κ2) is 7.04. The van der Waals surface area contributed by atoms with Crippen LogP contribution >= 0.6 is 11.8 Å². The maximum Gasteiger partial charge on any atom is 0.238 e. The number of rotatable bonds is 8. The Kier molecular flexibility index (Phi) is 4.61. The van der Waals surface area contributed by atoms with E-state index in [0.29, 0.717) is 18.5 Å². The number of hydrogen-bond acceptors (Lipinski definition) is 4. The van der Waals surface area contributed by atoms with Gasteiger partial charge in [-0.05, 0) is 31.2 Å². The number of nitrogens with one attached hydrogen (secondary N) is 1. The second-order valence-corrected chi connectivity index (χ2v) is 7.78. The third-order valence-corrected chi connectivity index (χ3v) is 5.72. The highest BCUT2D eigenvalue weighted by atomic mass is 32.2. The summed E-state index contributed by atoms with van der Waals surface area (Å²) in [5.74, 6) is 1.59. The summed E-state index contributed by atoms with van der Waals surface area (Å²) in [7, 11) is 0. The van der Waals surface area contributed by atoms with Gasteiger partial charge in [-0.3, -0.25) is 4.79 Å². The van der Waals surface area contributed by atoms with Crippen LogP contribution in [0.3, 0.4) is 0 Å². The standard InChI is InChI=1S/C19H22N4OS/c1-2-12-23-17(14-8-9-14)21-22-19(23)25-16(13-6-4-3-5-7-13)18(24)20-15-10-11-15/h2-7,14-16H,1,8-12H2,(H,20,24). The van der Waals surface area contributed by atoms with Gasteiger partial charge in [-0.2, -0.15) is 0 Å². The highest BCUT2D eigenvalue weighted by Crippen LogP contribution is 2.42. The molecule has 1 aromatic heterocycles. The van der Waals surface area contributed by atoms with Crippen molar-refractivity contribution < 1.29 is 4.79 Å². The lowest BCUT2D eigenvalue weighted by Gasteiger charge is -2.17. The van der Waals surface area contributed by atoms with Gasteiger partial charge in [0.25, 0.3) is 0 Å². The molecule has 4 rings (SSSR count). The largest absolute Gasteiger partial charge is 0.352 e. The van der Waals surface area contributed by atoms with E-state index in [1.807, 2.05) is 36.4 Å². The van der Waals surface area contributed by atoms with Crippen LogP contribution in [0.2, 0.25) is 0 Å². The van der Waals surface area contributed by atoms with Crippen molar-refractivity contribution in [2.24, 2.45) is 0 Å². The van der Waals surface area contributed by atoms with E-state index in [1.54, 1.807) is 0 Å². The van der Waals surface area contributed by atoms with E-state index in [4.69, 9.17) is 0 Å². The molecule has 130 valence electrons. The number of allylic oxidation sites excluding steroid dienone is 1. The summed E-state index contributed by atoms with van der Waals surface area (Å²) in [6.07, 6.45) is 6.36. The van der Waals surface area contributed by atoms with Crippen LogP contribution in [0, 0.1) is 0 Å². The van der Waals surface area contributed by atoms with Crippen LogP contribution in [0.25, 0.3) is 0 Å². The summed E-state index contributed by atoms with van der Waals surface area (Å²) in [5, 5.41) is 12.4. The molecule has 0 radical (unpaired) electrons. The Bertz CT molecular complexity index is 765. The third-order valence-electron chi connectivity index (χ3n) is 4.49. The first-order valence-corrected chi connectivity index (χ1v) is 9.70. The molecule has 1 heterocycles. The van der Waals surface area contributed by atoms with E-state index in [-0.39, 0.29) is 11.2 Å². The molecule has 2 aliphatic carbocycles. The molecule has 1 aromatic carbocycles. The van der Waals surface area contributed by atoms with Gasteiger partial charge in [-0.15, -0.1) is 16.8 Å².